The van der Waals surface area contributed by atoms with E-state index in [9.17, 15) is 14.7 Å². The standard InChI is InChI=1S/C15H26N2O3/c1-15(14(19)20)8-9-17(11-15)10-13(18)16-12-6-4-2-3-5-7-12/h12H,2-11H2,1H3,(H,16,18)(H,19,20). The fourth-order valence-corrected chi connectivity index (χ4v) is 3.27. The summed E-state index contributed by atoms with van der Waals surface area (Å²) in [5.74, 6) is -0.712. The Morgan fingerprint density at radius 2 is 1.90 bits per heavy atom. The van der Waals surface area contributed by atoms with E-state index in [2.05, 4.69) is 5.32 Å². The zero-order valence-corrected chi connectivity index (χ0v) is 12.4. The van der Waals surface area contributed by atoms with Gasteiger partial charge in [0.15, 0.2) is 0 Å². The van der Waals surface area contributed by atoms with E-state index < -0.39 is 11.4 Å². The molecule has 0 bridgehead atoms. The predicted octanol–water partition coefficient (Wildman–Crippen LogP) is 1.62. The van der Waals surface area contributed by atoms with Crippen LogP contribution < -0.4 is 5.32 Å². The van der Waals surface area contributed by atoms with Crippen LogP contribution in [0.4, 0.5) is 0 Å². The molecule has 1 aliphatic carbocycles. The number of hydrogen-bond donors (Lipinski definition) is 2. The summed E-state index contributed by atoms with van der Waals surface area (Å²) < 4.78 is 0. The van der Waals surface area contributed by atoms with Gasteiger partial charge < -0.3 is 10.4 Å². The lowest BCUT2D eigenvalue weighted by atomic mass is 9.90. The topological polar surface area (TPSA) is 69.6 Å². The summed E-state index contributed by atoms with van der Waals surface area (Å²) in [7, 11) is 0. The van der Waals surface area contributed by atoms with Gasteiger partial charge in [-0.1, -0.05) is 25.7 Å². The van der Waals surface area contributed by atoms with Crippen LogP contribution in [0, 0.1) is 5.41 Å². The molecule has 1 amide bonds. The summed E-state index contributed by atoms with van der Waals surface area (Å²) >= 11 is 0. The Labute approximate surface area is 120 Å². The molecule has 2 N–H and O–H groups in total. The molecular weight excluding hydrogens is 256 g/mol. The number of carbonyl (C=O) groups is 2. The third kappa shape index (κ3) is 3.95. The molecule has 2 aliphatic rings. The Kier molecular flexibility index (Phi) is 5.02. The van der Waals surface area contributed by atoms with Gasteiger partial charge in [0, 0.05) is 12.6 Å². The van der Waals surface area contributed by atoms with Gasteiger partial charge >= 0.3 is 5.97 Å². The van der Waals surface area contributed by atoms with Crippen molar-refractivity contribution in [3.05, 3.63) is 0 Å². The molecule has 2 rings (SSSR count). The smallest absolute Gasteiger partial charge is 0.310 e. The number of carbonyl (C=O) groups excluding carboxylic acids is 1. The number of carboxylic acids is 1. The van der Waals surface area contributed by atoms with Gasteiger partial charge in [-0.05, 0) is 32.7 Å². The van der Waals surface area contributed by atoms with Gasteiger partial charge in [-0.3, -0.25) is 14.5 Å². The quantitative estimate of drug-likeness (QED) is 0.769. The van der Waals surface area contributed by atoms with Crippen LogP contribution in [0.3, 0.4) is 0 Å². The van der Waals surface area contributed by atoms with Crippen molar-refractivity contribution in [2.45, 2.75) is 57.9 Å². The van der Waals surface area contributed by atoms with Crippen LogP contribution in [-0.2, 0) is 9.59 Å². The number of likely N-dealkylation sites (tertiary alicyclic amines) is 1. The molecule has 1 saturated heterocycles. The van der Waals surface area contributed by atoms with Gasteiger partial charge in [-0.2, -0.15) is 0 Å². The number of nitrogens with one attached hydrogen (secondary N) is 1. The third-order valence-electron chi connectivity index (χ3n) is 4.66. The Balaban J connectivity index is 1.76. The molecule has 0 aromatic heterocycles. The first kappa shape index (κ1) is 15.3. The van der Waals surface area contributed by atoms with Crippen LogP contribution in [0.2, 0.25) is 0 Å². The molecule has 0 aromatic carbocycles. The average Bonchev–Trinajstić information content (AvgIpc) is 2.61. The maximum atomic E-state index is 12.1. The molecule has 1 atom stereocenters. The molecule has 0 radical (unpaired) electrons. The van der Waals surface area contributed by atoms with E-state index in [1.165, 1.54) is 25.7 Å². The number of nitrogens with zero attached hydrogens (tertiary/aromatic N) is 1. The van der Waals surface area contributed by atoms with Crippen LogP contribution in [-0.4, -0.2) is 47.6 Å². The summed E-state index contributed by atoms with van der Waals surface area (Å²) in [4.78, 5) is 25.2. The van der Waals surface area contributed by atoms with Crippen LogP contribution in [0.15, 0.2) is 0 Å². The van der Waals surface area contributed by atoms with Crippen molar-refractivity contribution in [3.63, 3.8) is 0 Å². The molecule has 20 heavy (non-hydrogen) atoms. The third-order valence-corrected chi connectivity index (χ3v) is 4.66. The molecule has 2 fully saturated rings. The van der Waals surface area contributed by atoms with Crippen molar-refractivity contribution in [3.8, 4) is 0 Å². The summed E-state index contributed by atoms with van der Waals surface area (Å²) in [6.07, 6.45) is 7.73. The zero-order chi connectivity index (χ0) is 14.6. The van der Waals surface area contributed by atoms with Crippen LogP contribution >= 0.6 is 0 Å². The van der Waals surface area contributed by atoms with Crippen LogP contribution in [0.25, 0.3) is 0 Å². The minimum absolute atomic E-state index is 0.0477. The highest BCUT2D eigenvalue weighted by atomic mass is 16.4. The number of carboxylic acid groups (broad SMARTS) is 1. The fraction of sp³-hybridized carbons (Fsp3) is 0.867. The highest BCUT2D eigenvalue weighted by molar-refractivity contribution is 5.79. The van der Waals surface area contributed by atoms with Crippen molar-refractivity contribution < 1.29 is 14.7 Å². The molecule has 0 spiro atoms. The van der Waals surface area contributed by atoms with Gasteiger partial charge in [0.1, 0.15) is 0 Å². The highest BCUT2D eigenvalue weighted by Gasteiger charge is 2.40. The van der Waals surface area contributed by atoms with E-state index in [1.54, 1.807) is 6.92 Å². The van der Waals surface area contributed by atoms with Gasteiger partial charge in [-0.25, -0.2) is 0 Å². The Hall–Kier alpha value is -1.10. The molecule has 5 heteroatoms. The normalized spacial score (nSPS) is 29.1. The molecule has 114 valence electrons. The van der Waals surface area contributed by atoms with Crippen molar-refractivity contribution >= 4 is 11.9 Å². The molecule has 5 nitrogen and oxygen atoms in total. The first-order valence-electron chi connectivity index (χ1n) is 7.75. The lowest BCUT2D eigenvalue weighted by molar-refractivity contribution is -0.147. The Morgan fingerprint density at radius 3 is 2.45 bits per heavy atom. The Morgan fingerprint density at radius 1 is 1.25 bits per heavy atom. The fourth-order valence-electron chi connectivity index (χ4n) is 3.27. The SMILES string of the molecule is CC1(C(=O)O)CCN(CC(=O)NC2CCCCCC2)C1. The van der Waals surface area contributed by atoms with E-state index in [1.807, 2.05) is 4.90 Å². The van der Waals surface area contributed by atoms with Gasteiger partial charge in [0.05, 0.1) is 12.0 Å². The number of hydrogen-bond acceptors (Lipinski definition) is 3. The van der Waals surface area contributed by atoms with E-state index in [-0.39, 0.29) is 5.91 Å². The Bertz CT molecular complexity index is 364. The minimum Gasteiger partial charge on any atom is -0.481 e. The van der Waals surface area contributed by atoms with Crippen molar-refractivity contribution in [2.75, 3.05) is 19.6 Å². The zero-order valence-electron chi connectivity index (χ0n) is 12.4. The average molecular weight is 282 g/mol. The van der Waals surface area contributed by atoms with Crippen molar-refractivity contribution in [1.82, 2.24) is 10.2 Å². The summed E-state index contributed by atoms with van der Waals surface area (Å²) in [5, 5.41) is 12.3. The molecular formula is C15H26N2O3. The number of rotatable bonds is 4. The number of aliphatic carboxylic acids is 1. The van der Waals surface area contributed by atoms with Gasteiger partial charge in [-0.15, -0.1) is 0 Å². The monoisotopic (exact) mass is 282 g/mol. The van der Waals surface area contributed by atoms with Crippen molar-refractivity contribution in [2.24, 2.45) is 5.41 Å². The lowest BCUT2D eigenvalue weighted by Crippen LogP contribution is -2.42. The molecule has 1 aliphatic heterocycles. The molecule has 1 heterocycles. The second kappa shape index (κ2) is 6.57. The second-order valence-corrected chi connectivity index (χ2v) is 6.58. The lowest BCUT2D eigenvalue weighted by Gasteiger charge is -2.21. The summed E-state index contributed by atoms with van der Waals surface area (Å²) in [6, 6.07) is 0.318. The molecule has 0 aromatic rings. The highest BCUT2D eigenvalue weighted by Crippen LogP contribution is 2.29. The predicted molar refractivity (Wildman–Crippen MR) is 76.4 cm³/mol. The largest absolute Gasteiger partial charge is 0.481 e. The van der Waals surface area contributed by atoms with Gasteiger partial charge in [0.25, 0.3) is 0 Å². The molecule has 1 unspecified atom stereocenters. The summed E-state index contributed by atoms with van der Waals surface area (Å²) in [5.41, 5.74) is -0.692. The van der Waals surface area contributed by atoms with E-state index >= 15 is 0 Å². The summed E-state index contributed by atoms with van der Waals surface area (Å²) in [6.45, 7) is 3.26. The maximum absolute atomic E-state index is 12.1. The molecule has 1 saturated carbocycles. The first-order chi connectivity index (χ1) is 9.49. The van der Waals surface area contributed by atoms with E-state index in [0.29, 0.717) is 32.1 Å². The van der Waals surface area contributed by atoms with Crippen molar-refractivity contribution in [1.29, 1.82) is 0 Å². The van der Waals surface area contributed by atoms with Crippen LogP contribution in [0.5, 0.6) is 0 Å². The maximum Gasteiger partial charge on any atom is 0.310 e. The second-order valence-electron chi connectivity index (χ2n) is 6.58. The minimum atomic E-state index is -0.760. The van der Waals surface area contributed by atoms with Gasteiger partial charge in [0.2, 0.25) is 5.91 Å². The van der Waals surface area contributed by atoms with Crippen LogP contribution in [0.1, 0.15) is 51.9 Å². The first-order valence-corrected chi connectivity index (χ1v) is 7.75. The van der Waals surface area contributed by atoms with E-state index in [0.717, 1.165) is 12.8 Å². The van der Waals surface area contributed by atoms with E-state index in [4.69, 9.17) is 0 Å². The number of amides is 1.